The lowest BCUT2D eigenvalue weighted by atomic mass is 10.3. The Morgan fingerprint density at radius 3 is 3.00 bits per heavy atom. The Hall–Kier alpha value is -1.36. The fourth-order valence-corrected chi connectivity index (χ4v) is 1.05. The Labute approximate surface area is 84.8 Å². The molecule has 1 heterocycles. The molecule has 6 heteroatoms. The molecule has 76 valence electrons. The molecule has 0 aliphatic rings. The van der Waals surface area contributed by atoms with Gasteiger partial charge in [-0.25, -0.2) is 14.2 Å². The van der Waals surface area contributed by atoms with Crippen molar-refractivity contribution in [2.45, 2.75) is 6.92 Å². The largest absolute Gasteiger partial charge is 0.462 e. The van der Waals surface area contributed by atoms with E-state index < -0.39 is 11.8 Å². The van der Waals surface area contributed by atoms with Crippen LogP contribution in [-0.2, 0) is 4.74 Å². The van der Waals surface area contributed by atoms with Gasteiger partial charge in [-0.3, -0.25) is 0 Å². The number of nitrogens with zero attached hydrogens (tertiary/aromatic N) is 1. The summed E-state index contributed by atoms with van der Waals surface area (Å²) in [5.41, 5.74) is 5.02. The van der Waals surface area contributed by atoms with Gasteiger partial charge in [0.25, 0.3) is 0 Å². The lowest BCUT2D eigenvalue weighted by molar-refractivity contribution is 0.0525. The Bertz CT molecular complexity index is 371. The highest BCUT2D eigenvalue weighted by Crippen LogP contribution is 2.18. The van der Waals surface area contributed by atoms with Gasteiger partial charge >= 0.3 is 5.97 Å². The predicted octanol–water partition coefficient (Wildman–Crippen LogP) is 1.63. The van der Waals surface area contributed by atoms with Crippen LogP contribution in [0.2, 0.25) is 5.15 Å². The minimum Gasteiger partial charge on any atom is -0.462 e. The second-order valence-corrected chi connectivity index (χ2v) is 2.77. The molecule has 0 unspecified atom stereocenters. The van der Waals surface area contributed by atoms with Gasteiger partial charge in [-0.1, -0.05) is 11.6 Å². The molecule has 1 rings (SSSR count). The maximum Gasteiger partial charge on any atom is 0.341 e. The average Bonchev–Trinajstić information content (AvgIpc) is 2.11. The summed E-state index contributed by atoms with van der Waals surface area (Å²) >= 11 is 5.57. The lowest BCUT2D eigenvalue weighted by Crippen LogP contribution is -2.08. The van der Waals surface area contributed by atoms with E-state index in [-0.39, 0.29) is 23.1 Å². The summed E-state index contributed by atoms with van der Waals surface area (Å²) in [6.45, 7) is 1.81. The number of ether oxygens (including phenoxy) is 1. The first-order valence-corrected chi connectivity index (χ1v) is 4.22. The monoisotopic (exact) mass is 218 g/mol. The summed E-state index contributed by atoms with van der Waals surface area (Å²) in [6.07, 6.45) is 0. The average molecular weight is 219 g/mol. The minimum absolute atomic E-state index is 0.125. The fraction of sp³-hybridized carbons (Fsp3) is 0.250. The molecular formula is C8H8ClFN2O2. The van der Waals surface area contributed by atoms with E-state index in [9.17, 15) is 9.18 Å². The van der Waals surface area contributed by atoms with Crippen LogP contribution in [0.4, 0.5) is 10.2 Å². The molecule has 2 N–H and O–H groups in total. The molecule has 0 saturated carbocycles. The minimum atomic E-state index is -0.794. The summed E-state index contributed by atoms with van der Waals surface area (Å²) in [6, 6.07) is 0.905. The first kappa shape index (κ1) is 10.7. The van der Waals surface area contributed by atoms with Crippen LogP contribution >= 0.6 is 11.6 Å². The lowest BCUT2D eigenvalue weighted by Gasteiger charge is -2.04. The quantitative estimate of drug-likeness (QED) is 0.605. The molecule has 0 radical (unpaired) electrons. The maximum absolute atomic E-state index is 12.9. The van der Waals surface area contributed by atoms with E-state index in [1.807, 2.05) is 0 Å². The topological polar surface area (TPSA) is 65.2 Å². The van der Waals surface area contributed by atoms with E-state index in [1.54, 1.807) is 6.92 Å². The molecule has 0 bridgehead atoms. The smallest absolute Gasteiger partial charge is 0.341 e. The zero-order valence-corrected chi connectivity index (χ0v) is 8.14. The van der Waals surface area contributed by atoms with Crippen molar-refractivity contribution in [1.82, 2.24) is 4.98 Å². The van der Waals surface area contributed by atoms with E-state index in [2.05, 4.69) is 9.72 Å². The van der Waals surface area contributed by atoms with Gasteiger partial charge in [0.15, 0.2) is 11.6 Å². The Morgan fingerprint density at radius 2 is 2.43 bits per heavy atom. The van der Waals surface area contributed by atoms with Crippen LogP contribution in [0.3, 0.4) is 0 Å². The van der Waals surface area contributed by atoms with Crippen molar-refractivity contribution in [2.75, 3.05) is 12.3 Å². The predicted molar refractivity (Wildman–Crippen MR) is 49.6 cm³/mol. The van der Waals surface area contributed by atoms with Crippen LogP contribution in [0.1, 0.15) is 17.3 Å². The van der Waals surface area contributed by atoms with Crippen LogP contribution in [0.15, 0.2) is 6.07 Å². The Morgan fingerprint density at radius 1 is 1.79 bits per heavy atom. The number of pyridine rings is 1. The first-order valence-electron chi connectivity index (χ1n) is 3.85. The molecule has 1 aromatic rings. The molecule has 4 nitrogen and oxygen atoms in total. The van der Waals surface area contributed by atoms with Crippen LogP contribution in [-0.4, -0.2) is 17.6 Å². The van der Waals surface area contributed by atoms with E-state index in [0.29, 0.717) is 0 Å². The number of hydrogen-bond acceptors (Lipinski definition) is 4. The third kappa shape index (κ3) is 2.11. The van der Waals surface area contributed by atoms with Crippen LogP contribution in [0.25, 0.3) is 0 Å². The van der Waals surface area contributed by atoms with Crippen molar-refractivity contribution < 1.29 is 13.9 Å². The number of anilines is 1. The van der Waals surface area contributed by atoms with Gasteiger partial charge in [-0.2, -0.15) is 0 Å². The van der Waals surface area contributed by atoms with Crippen LogP contribution < -0.4 is 5.73 Å². The van der Waals surface area contributed by atoms with Gasteiger partial charge in [0.05, 0.1) is 6.61 Å². The van der Waals surface area contributed by atoms with E-state index >= 15 is 0 Å². The SMILES string of the molecule is CCOC(=O)c1cc(F)c(N)nc1Cl. The Balaban J connectivity index is 3.09. The van der Waals surface area contributed by atoms with Crippen molar-refractivity contribution in [2.24, 2.45) is 0 Å². The van der Waals surface area contributed by atoms with Gasteiger partial charge < -0.3 is 10.5 Å². The molecule has 1 aromatic heterocycles. The van der Waals surface area contributed by atoms with Gasteiger partial charge in [-0.15, -0.1) is 0 Å². The van der Waals surface area contributed by atoms with Crippen molar-refractivity contribution >= 4 is 23.4 Å². The first-order chi connectivity index (χ1) is 6.56. The molecule has 14 heavy (non-hydrogen) atoms. The normalized spacial score (nSPS) is 9.93. The Kier molecular flexibility index (Phi) is 3.24. The van der Waals surface area contributed by atoms with E-state index in [1.165, 1.54) is 0 Å². The molecule has 0 fully saturated rings. The molecule has 0 amide bonds. The summed E-state index contributed by atoms with van der Waals surface area (Å²) in [7, 11) is 0. The molecule has 0 aromatic carbocycles. The number of hydrogen-bond donors (Lipinski definition) is 1. The third-order valence-corrected chi connectivity index (χ3v) is 1.74. The van der Waals surface area contributed by atoms with Crippen LogP contribution in [0, 0.1) is 5.82 Å². The number of nitrogens with two attached hydrogens (primary N) is 1. The van der Waals surface area contributed by atoms with E-state index in [0.717, 1.165) is 6.07 Å². The fourth-order valence-electron chi connectivity index (χ4n) is 0.832. The second-order valence-electron chi connectivity index (χ2n) is 2.41. The van der Waals surface area contributed by atoms with E-state index in [4.69, 9.17) is 17.3 Å². The van der Waals surface area contributed by atoms with Crippen molar-refractivity contribution in [3.05, 3.63) is 22.6 Å². The molecule has 0 aliphatic carbocycles. The van der Waals surface area contributed by atoms with Gasteiger partial charge in [-0.05, 0) is 13.0 Å². The number of carbonyl (C=O) groups is 1. The summed E-state index contributed by atoms with van der Waals surface area (Å²) in [5, 5.41) is -0.164. The summed E-state index contributed by atoms with van der Waals surface area (Å²) in [4.78, 5) is 14.6. The molecule has 0 spiro atoms. The highest BCUT2D eigenvalue weighted by molar-refractivity contribution is 6.32. The molecular weight excluding hydrogens is 211 g/mol. The summed E-state index contributed by atoms with van der Waals surface area (Å²) < 4.78 is 17.5. The zero-order chi connectivity index (χ0) is 10.7. The van der Waals surface area contributed by atoms with Crippen LogP contribution in [0.5, 0.6) is 0 Å². The van der Waals surface area contributed by atoms with Crippen molar-refractivity contribution in [1.29, 1.82) is 0 Å². The highest BCUT2D eigenvalue weighted by Gasteiger charge is 2.15. The standard InChI is InChI=1S/C8H8ClFN2O2/c1-2-14-8(13)4-3-5(10)7(11)12-6(4)9/h3H,2H2,1H3,(H2,11,12). The van der Waals surface area contributed by atoms with Gasteiger partial charge in [0.1, 0.15) is 10.7 Å². The number of nitrogen functional groups attached to an aromatic ring is 1. The van der Waals surface area contributed by atoms with Crippen molar-refractivity contribution in [3.63, 3.8) is 0 Å². The zero-order valence-electron chi connectivity index (χ0n) is 7.38. The maximum atomic E-state index is 12.9. The number of aromatic nitrogens is 1. The molecule has 0 aliphatic heterocycles. The highest BCUT2D eigenvalue weighted by atomic mass is 35.5. The number of carbonyl (C=O) groups excluding carboxylic acids is 1. The number of halogens is 2. The number of rotatable bonds is 2. The third-order valence-electron chi connectivity index (χ3n) is 1.45. The summed E-state index contributed by atoms with van der Waals surface area (Å²) in [5.74, 6) is -1.86. The molecule has 0 saturated heterocycles. The number of esters is 1. The second kappa shape index (κ2) is 4.23. The molecule has 0 atom stereocenters. The van der Waals surface area contributed by atoms with Gasteiger partial charge in [0, 0.05) is 0 Å². The van der Waals surface area contributed by atoms with Crippen molar-refractivity contribution in [3.8, 4) is 0 Å². The van der Waals surface area contributed by atoms with Gasteiger partial charge in [0.2, 0.25) is 0 Å².